The summed E-state index contributed by atoms with van der Waals surface area (Å²) in [6, 6.07) is 1.98. The van der Waals surface area contributed by atoms with E-state index in [0.29, 0.717) is 17.4 Å². The standard InChI is InChI=1S/C15H22N4O/c1-11(2)6-4-7-12(3)17-14(20)13-10-19-9-5-8-16-15(19)18-13/h5,8-12H,4,6-7H2,1-3H3,(H,17,20). The van der Waals surface area contributed by atoms with Crippen molar-refractivity contribution >= 4 is 11.7 Å². The van der Waals surface area contributed by atoms with Crippen LogP contribution in [0.5, 0.6) is 0 Å². The van der Waals surface area contributed by atoms with Gasteiger partial charge in [-0.2, -0.15) is 0 Å². The summed E-state index contributed by atoms with van der Waals surface area (Å²) < 4.78 is 1.75. The zero-order valence-electron chi connectivity index (χ0n) is 12.3. The topological polar surface area (TPSA) is 59.3 Å². The van der Waals surface area contributed by atoms with Crippen LogP contribution in [0.4, 0.5) is 0 Å². The Bertz CT molecular complexity index is 543. The molecule has 5 heteroatoms. The highest BCUT2D eigenvalue weighted by Gasteiger charge is 2.13. The highest BCUT2D eigenvalue weighted by Crippen LogP contribution is 2.09. The van der Waals surface area contributed by atoms with Gasteiger partial charge in [-0.25, -0.2) is 9.97 Å². The third-order valence-electron chi connectivity index (χ3n) is 3.26. The van der Waals surface area contributed by atoms with Crippen molar-refractivity contribution in [3.8, 4) is 0 Å². The SMILES string of the molecule is CC(C)CCCC(C)NC(=O)c1cn2cccnc2n1. The maximum atomic E-state index is 12.1. The van der Waals surface area contributed by atoms with Gasteiger partial charge in [-0.1, -0.05) is 26.7 Å². The highest BCUT2D eigenvalue weighted by atomic mass is 16.1. The molecule has 0 aromatic carbocycles. The van der Waals surface area contributed by atoms with E-state index < -0.39 is 0 Å². The van der Waals surface area contributed by atoms with Crippen LogP contribution in [0.25, 0.3) is 5.78 Å². The highest BCUT2D eigenvalue weighted by molar-refractivity contribution is 5.92. The molecule has 1 amide bonds. The number of imidazole rings is 1. The Morgan fingerprint density at radius 3 is 2.85 bits per heavy atom. The summed E-state index contributed by atoms with van der Waals surface area (Å²) in [5.74, 6) is 1.13. The summed E-state index contributed by atoms with van der Waals surface area (Å²) >= 11 is 0. The minimum atomic E-state index is -0.132. The lowest BCUT2D eigenvalue weighted by Gasteiger charge is -2.13. The largest absolute Gasteiger partial charge is 0.348 e. The first-order chi connectivity index (χ1) is 9.56. The second-order valence-corrected chi connectivity index (χ2v) is 5.65. The molecule has 0 fully saturated rings. The van der Waals surface area contributed by atoms with Crippen molar-refractivity contribution in [3.05, 3.63) is 30.4 Å². The molecule has 0 radical (unpaired) electrons. The number of carbonyl (C=O) groups is 1. The van der Waals surface area contributed by atoms with Gasteiger partial charge in [-0.15, -0.1) is 0 Å². The first-order valence-corrected chi connectivity index (χ1v) is 7.17. The van der Waals surface area contributed by atoms with Crippen LogP contribution in [-0.2, 0) is 0 Å². The average molecular weight is 274 g/mol. The molecular formula is C15H22N4O. The fourth-order valence-electron chi connectivity index (χ4n) is 2.14. The molecule has 2 aromatic heterocycles. The van der Waals surface area contributed by atoms with Crippen molar-refractivity contribution in [3.63, 3.8) is 0 Å². The summed E-state index contributed by atoms with van der Waals surface area (Å²) in [6.45, 7) is 6.46. The Morgan fingerprint density at radius 2 is 2.15 bits per heavy atom. The molecule has 2 aromatic rings. The quantitative estimate of drug-likeness (QED) is 0.881. The number of nitrogens with zero attached hydrogens (tertiary/aromatic N) is 3. The van der Waals surface area contributed by atoms with Gasteiger partial charge in [0.2, 0.25) is 5.78 Å². The number of nitrogens with one attached hydrogen (secondary N) is 1. The second-order valence-electron chi connectivity index (χ2n) is 5.65. The molecule has 1 N–H and O–H groups in total. The van der Waals surface area contributed by atoms with E-state index in [1.54, 1.807) is 16.8 Å². The first kappa shape index (κ1) is 14.5. The zero-order chi connectivity index (χ0) is 14.5. The molecule has 1 unspecified atom stereocenters. The second kappa shape index (κ2) is 6.50. The van der Waals surface area contributed by atoms with Crippen molar-refractivity contribution in [1.82, 2.24) is 19.7 Å². The molecule has 0 aliphatic carbocycles. The summed E-state index contributed by atoms with van der Waals surface area (Å²) in [4.78, 5) is 20.4. The van der Waals surface area contributed by atoms with E-state index in [4.69, 9.17) is 0 Å². The predicted molar refractivity (Wildman–Crippen MR) is 78.6 cm³/mol. The average Bonchev–Trinajstić information content (AvgIpc) is 2.82. The van der Waals surface area contributed by atoms with Gasteiger partial charge in [-0.3, -0.25) is 9.20 Å². The van der Waals surface area contributed by atoms with E-state index >= 15 is 0 Å². The molecule has 2 rings (SSSR count). The molecule has 20 heavy (non-hydrogen) atoms. The van der Waals surface area contributed by atoms with E-state index in [1.807, 2.05) is 19.2 Å². The van der Waals surface area contributed by atoms with Crippen LogP contribution in [0.15, 0.2) is 24.7 Å². The van der Waals surface area contributed by atoms with Gasteiger partial charge in [0.15, 0.2) is 0 Å². The molecular weight excluding hydrogens is 252 g/mol. The summed E-state index contributed by atoms with van der Waals surface area (Å²) in [5.41, 5.74) is 0.416. The monoisotopic (exact) mass is 274 g/mol. The van der Waals surface area contributed by atoms with Gasteiger partial charge in [0, 0.05) is 24.6 Å². The molecule has 108 valence electrons. The molecule has 1 atom stereocenters. The Labute approximate surface area is 119 Å². The lowest BCUT2D eigenvalue weighted by Crippen LogP contribution is -2.32. The van der Waals surface area contributed by atoms with Crippen molar-refractivity contribution in [2.24, 2.45) is 5.92 Å². The van der Waals surface area contributed by atoms with Crippen molar-refractivity contribution < 1.29 is 4.79 Å². The number of fused-ring (bicyclic) bond motifs is 1. The van der Waals surface area contributed by atoms with Crippen LogP contribution in [0, 0.1) is 5.92 Å². The van der Waals surface area contributed by atoms with E-state index in [9.17, 15) is 4.79 Å². The van der Waals surface area contributed by atoms with Crippen molar-refractivity contribution in [2.75, 3.05) is 0 Å². The molecule has 2 heterocycles. The number of hydrogen-bond donors (Lipinski definition) is 1. The molecule has 0 spiro atoms. The van der Waals surface area contributed by atoms with Crippen LogP contribution in [0.2, 0.25) is 0 Å². The van der Waals surface area contributed by atoms with Crippen LogP contribution >= 0.6 is 0 Å². The third kappa shape index (κ3) is 3.79. The van der Waals surface area contributed by atoms with Gasteiger partial charge >= 0.3 is 0 Å². The maximum absolute atomic E-state index is 12.1. The number of amides is 1. The Balaban J connectivity index is 1.90. The first-order valence-electron chi connectivity index (χ1n) is 7.17. The lowest BCUT2D eigenvalue weighted by molar-refractivity contribution is 0.0933. The normalized spacial score (nSPS) is 12.8. The molecule has 0 saturated carbocycles. The van der Waals surface area contributed by atoms with Gasteiger partial charge in [0.1, 0.15) is 5.69 Å². The lowest BCUT2D eigenvalue weighted by atomic mass is 10.0. The van der Waals surface area contributed by atoms with Gasteiger partial charge in [0.05, 0.1) is 0 Å². The van der Waals surface area contributed by atoms with E-state index in [1.165, 1.54) is 6.42 Å². The Kier molecular flexibility index (Phi) is 4.71. The minimum absolute atomic E-state index is 0.132. The molecule has 5 nitrogen and oxygen atoms in total. The van der Waals surface area contributed by atoms with Gasteiger partial charge in [-0.05, 0) is 25.3 Å². The van der Waals surface area contributed by atoms with Gasteiger partial charge in [0.25, 0.3) is 5.91 Å². The van der Waals surface area contributed by atoms with Crippen LogP contribution < -0.4 is 5.32 Å². The molecule has 0 aliphatic rings. The van der Waals surface area contributed by atoms with Crippen LogP contribution in [0.1, 0.15) is 50.5 Å². The fraction of sp³-hybridized carbons (Fsp3) is 0.533. The predicted octanol–water partition coefficient (Wildman–Crippen LogP) is 2.67. The number of rotatable bonds is 6. The summed E-state index contributed by atoms with van der Waals surface area (Å²) in [5, 5.41) is 2.99. The van der Waals surface area contributed by atoms with Crippen LogP contribution in [0.3, 0.4) is 0 Å². The van der Waals surface area contributed by atoms with Crippen molar-refractivity contribution in [2.45, 2.75) is 46.1 Å². The van der Waals surface area contributed by atoms with Crippen molar-refractivity contribution in [1.29, 1.82) is 0 Å². The third-order valence-corrected chi connectivity index (χ3v) is 3.26. The minimum Gasteiger partial charge on any atom is -0.348 e. The maximum Gasteiger partial charge on any atom is 0.271 e. The van der Waals surface area contributed by atoms with E-state index in [-0.39, 0.29) is 11.9 Å². The summed E-state index contributed by atoms with van der Waals surface area (Å²) in [7, 11) is 0. The number of aromatic nitrogens is 3. The van der Waals surface area contributed by atoms with Crippen LogP contribution in [-0.4, -0.2) is 26.3 Å². The number of hydrogen-bond acceptors (Lipinski definition) is 3. The molecule has 0 aliphatic heterocycles. The van der Waals surface area contributed by atoms with Gasteiger partial charge < -0.3 is 5.32 Å². The Hall–Kier alpha value is -1.91. The number of carbonyl (C=O) groups excluding carboxylic acids is 1. The smallest absolute Gasteiger partial charge is 0.271 e. The van der Waals surface area contributed by atoms with E-state index in [0.717, 1.165) is 12.8 Å². The van der Waals surface area contributed by atoms with E-state index in [2.05, 4.69) is 29.1 Å². The summed E-state index contributed by atoms with van der Waals surface area (Å²) in [6.07, 6.45) is 8.52. The Morgan fingerprint density at radius 1 is 1.35 bits per heavy atom. The molecule has 0 saturated heterocycles. The zero-order valence-corrected chi connectivity index (χ0v) is 12.3. The molecule has 0 bridgehead atoms. The fourth-order valence-corrected chi connectivity index (χ4v) is 2.14.